The number of amides is 1. The fraction of sp³-hybridized carbons (Fsp3) is 0.400. The van der Waals surface area contributed by atoms with Gasteiger partial charge >= 0.3 is 6.18 Å². The highest BCUT2D eigenvalue weighted by atomic mass is 35.5. The lowest BCUT2D eigenvalue weighted by molar-refractivity contribution is -0.149. The molecule has 7 nitrogen and oxygen atoms in total. The Hall–Kier alpha value is -3.41. The summed E-state index contributed by atoms with van der Waals surface area (Å²) in [6.07, 6.45) is -5.51. The molecule has 42 heavy (non-hydrogen) atoms. The number of nitrogens with one attached hydrogen (secondary N) is 2. The smallest absolute Gasteiger partial charge is 0.398 e. The monoisotopic (exact) mass is 611 g/mol. The van der Waals surface area contributed by atoms with E-state index < -0.39 is 42.0 Å². The number of hydrogen-bond donors (Lipinski definition) is 3. The summed E-state index contributed by atoms with van der Waals surface area (Å²) in [5.41, 5.74) is 0.0246. The van der Waals surface area contributed by atoms with Crippen molar-refractivity contribution in [1.82, 2.24) is 15.6 Å². The first-order chi connectivity index (χ1) is 19.7. The number of pyridine rings is 1. The molecule has 0 saturated carbocycles. The zero-order chi connectivity index (χ0) is 31.2. The number of alkyl halides is 3. The van der Waals surface area contributed by atoms with E-state index in [1.54, 1.807) is 6.07 Å². The Morgan fingerprint density at radius 2 is 1.81 bits per heavy atom. The fourth-order valence-corrected chi connectivity index (χ4v) is 4.44. The first-order valence-corrected chi connectivity index (χ1v) is 13.6. The molecule has 0 bridgehead atoms. The third-order valence-electron chi connectivity index (χ3n) is 6.53. The number of methoxy groups -OCH3 is 1. The lowest BCUT2D eigenvalue weighted by atomic mass is 9.90. The van der Waals surface area contributed by atoms with Gasteiger partial charge in [0, 0.05) is 23.2 Å². The van der Waals surface area contributed by atoms with E-state index >= 15 is 0 Å². The molecular formula is C30H34ClF4N3O4. The lowest BCUT2D eigenvalue weighted by Crippen LogP contribution is -2.38. The molecule has 2 atom stereocenters. The second kappa shape index (κ2) is 13.7. The Morgan fingerprint density at radius 3 is 2.40 bits per heavy atom. The van der Waals surface area contributed by atoms with Crippen LogP contribution in [0.4, 0.5) is 17.6 Å². The van der Waals surface area contributed by atoms with Gasteiger partial charge in [-0.25, -0.2) is 4.39 Å². The maximum absolute atomic E-state index is 14.5. The molecule has 0 aliphatic heterocycles. The minimum absolute atomic E-state index is 0.0159. The van der Waals surface area contributed by atoms with Gasteiger partial charge in [0.25, 0.3) is 5.91 Å². The number of aromatic nitrogens is 1. The Kier molecular flexibility index (Phi) is 10.8. The molecule has 2 aromatic carbocycles. The molecule has 0 saturated heterocycles. The molecule has 1 aromatic heterocycles. The van der Waals surface area contributed by atoms with Gasteiger partial charge in [-0.1, -0.05) is 18.5 Å². The number of aliphatic hydroxyl groups excluding tert-OH is 1. The fourth-order valence-electron chi connectivity index (χ4n) is 4.26. The summed E-state index contributed by atoms with van der Waals surface area (Å²) in [5, 5.41) is 14.9. The number of aliphatic hydroxyl groups is 1. The van der Waals surface area contributed by atoms with Crippen LogP contribution in [0.5, 0.6) is 11.5 Å². The quantitative estimate of drug-likeness (QED) is 0.210. The molecule has 0 aliphatic rings. The average molecular weight is 612 g/mol. The number of benzene rings is 2. The Labute approximate surface area is 247 Å². The van der Waals surface area contributed by atoms with Crippen LogP contribution in [0.3, 0.4) is 0 Å². The van der Waals surface area contributed by atoms with Crippen LogP contribution in [-0.2, 0) is 5.54 Å². The molecule has 0 spiro atoms. The average Bonchev–Trinajstić information content (AvgIpc) is 2.92. The SMILES string of the molecule is CCNC(C)(C)c1cc(-c2ccc(F)c(Cl)c2)nc(C(CNC(=O)c2ccc(OC[C@H](C)O)c(OC)c2)C(F)(F)F)c1. The van der Waals surface area contributed by atoms with Crippen LogP contribution >= 0.6 is 11.6 Å². The van der Waals surface area contributed by atoms with Crippen molar-refractivity contribution in [2.24, 2.45) is 0 Å². The third kappa shape index (κ3) is 8.33. The Morgan fingerprint density at radius 1 is 1.10 bits per heavy atom. The molecule has 0 radical (unpaired) electrons. The normalized spacial score (nSPS) is 13.4. The highest BCUT2D eigenvalue weighted by molar-refractivity contribution is 6.31. The largest absolute Gasteiger partial charge is 0.493 e. The first kappa shape index (κ1) is 33.1. The molecule has 228 valence electrons. The molecule has 3 N–H and O–H groups in total. The van der Waals surface area contributed by atoms with Gasteiger partial charge in [0.1, 0.15) is 18.3 Å². The van der Waals surface area contributed by atoms with Crippen LogP contribution in [0, 0.1) is 5.82 Å². The molecule has 1 heterocycles. The zero-order valence-electron chi connectivity index (χ0n) is 23.9. The number of hydrogen-bond acceptors (Lipinski definition) is 6. The van der Waals surface area contributed by atoms with Crippen molar-refractivity contribution in [3.05, 3.63) is 76.2 Å². The van der Waals surface area contributed by atoms with Crippen LogP contribution < -0.4 is 20.1 Å². The summed E-state index contributed by atoms with van der Waals surface area (Å²) in [4.78, 5) is 17.2. The Balaban J connectivity index is 1.98. The second-order valence-electron chi connectivity index (χ2n) is 10.3. The van der Waals surface area contributed by atoms with Crippen molar-refractivity contribution in [2.45, 2.75) is 51.4 Å². The van der Waals surface area contributed by atoms with Crippen molar-refractivity contribution in [3.63, 3.8) is 0 Å². The van der Waals surface area contributed by atoms with E-state index in [0.717, 1.165) is 6.07 Å². The van der Waals surface area contributed by atoms with Gasteiger partial charge in [0.05, 0.1) is 29.6 Å². The van der Waals surface area contributed by atoms with Gasteiger partial charge < -0.3 is 25.2 Å². The molecule has 0 aliphatic carbocycles. The van der Waals surface area contributed by atoms with Gasteiger partial charge in [0.15, 0.2) is 11.5 Å². The van der Waals surface area contributed by atoms with Crippen molar-refractivity contribution < 1.29 is 36.9 Å². The predicted octanol–water partition coefficient (Wildman–Crippen LogP) is 6.23. The molecule has 1 amide bonds. The minimum atomic E-state index is -4.77. The van der Waals surface area contributed by atoms with E-state index in [1.165, 1.54) is 50.4 Å². The van der Waals surface area contributed by atoms with Crippen LogP contribution in [0.1, 0.15) is 55.2 Å². The van der Waals surface area contributed by atoms with Crippen molar-refractivity contribution in [2.75, 3.05) is 26.8 Å². The standard InChI is InChI=1S/C30H34ClF4N3O4/c1-6-37-29(3,4)20-13-24(18-7-9-23(32)22(31)11-18)38-25(14-20)21(30(33,34)35)15-36-28(40)19-8-10-26(27(12-19)41-5)42-16-17(2)39/h7-14,17,21,37,39H,6,15-16H2,1-5H3,(H,36,40)/t17-,21?/m0/s1. The summed E-state index contributed by atoms with van der Waals surface area (Å²) < 4.78 is 67.9. The van der Waals surface area contributed by atoms with Gasteiger partial charge in [-0.3, -0.25) is 9.78 Å². The topological polar surface area (TPSA) is 92.7 Å². The minimum Gasteiger partial charge on any atom is -0.493 e. The molecular weight excluding hydrogens is 578 g/mol. The number of carbonyl (C=O) groups is 1. The molecule has 0 fully saturated rings. The molecule has 12 heteroatoms. The number of carbonyl (C=O) groups excluding carboxylic acids is 1. The van der Waals surface area contributed by atoms with E-state index in [4.69, 9.17) is 21.1 Å². The summed E-state index contributed by atoms with van der Waals surface area (Å²) in [7, 11) is 1.35. The highest BCUT2D eigenvalue weighted by Gasteiger charge is 2.42. The number of halogens is 5. The van der Waals surface area contributed by atoms with Crippen LogP contribution in [0.15, 0.2) is 48.5 Å². The number of nitrogens with zero attached hydrogens (tertiary/aromatic N) is 1. The Bertz CT molecular complexity index is 1400. The number of ether oxygens (including phenoxy) is 2. The van der Waals surface area contributed by atoms with Crippen molar-refractivity contribution >= 4 is 17.5 Å². The van der Waals surface area contributed by atoms with Crippen molar-refractivity contribution in [1.29, 1.82) is 0 Å². The second-order valence-corrected chi connectivity index (χ2v) is 10.7. The predicted molar refractivity (Wildman–Crippen MR) is 153 cm³/mol. The van der Waals surface area contributed by atoms with E-state index in [0.29, 0.717) is 17.7 Å². The summed E-state index contributed by atoms with van der Waals surface area (Å²) in [6.45, 7) is 6.79. The maximum atomic E-state index is 14.5. The zero-order valence-corrected chi connectivity index (χ0v) is 24.7. The first-order valence-electron chi connectivity index (χ1n) is 13.2. The van der Waals surface area contributed by atoms with Gasteiger partial charge in [-0.2, -0.15) is 13.2 Å². The maximum Gasteiger partial charge on any atom is 0.398 e. The van der Waals surface area contributed by atoms with Crippen LogP contribution in [-0.4, -0.2) is 55.1 Å². The van der Waals surface area contributed by atoms with E-state index in [-0.39, 0.29) is 40.1 Å². The van der Waals surface area contributed by atoms with Crippen LogP contribution in [0.2, 0.25) is 5.02 Å². The van der Waals surface area contributed by atoms with Crippen molar-refractivity contribution in [3.8, 4) is 22.8 Å². The lowest BCUT2D eigenvalue weighted by Gasteiger charge is -2.29. The van der Waals surface area contributed by atoms with E-state index in [1.807, 2.05) is 20.8 Å². The molecule has 1 unspecified atom stereocenters. The molecule has 3 aromatic rings. The number of rotatable bonds is 12. The highest BCUT2D eigenvalue weighted by Crippen LogP contribution is 2.37. The van der Waals surface area contributed by atoms with Gasteiger partial charge in [-0.15, -0.1) is 0 Å². The van der Waals surface area contributed by atoms with Gasteiger partial charge in [-0.05, 0) is 81.4 Å². The van der Waals surface area contributed by atoms with Crippen LogP contribution in [0.25, 0.3) is 11.3 Å². The third-order valence-corrected chi connectivity index (χ3v) is 6.82. The molecule has 3 rings (SSSR count). The summed E-state index contributed by atoms with van der Waals surface area (Å²) >= 11 is 5.95. The summed E-state index contributed by atoms with van der Waals surface area (Å²) in [5.74, 6) is -3.15. The van der Waals surface area contributed by atoms with E-state index in [9.17, 15) is 27.5 Å². The van der Waals surface area contributed by atoms with Gasteiger partial charge in [0.2, 0.25) is 0 Å². The van der Waals surface area contributed by atoms with E-state index in [2.05, 4.69) is 15.6 Å². The summed E-state index contributed by atoms with van der Waals surface area (Å²) in [6, 6.07) is 11.0.